The fourth-order valence-electron chi connectivity index (χ4n) is 6.24. The van der Waals surface area contributed by atoms with Crippen molar-refractivity contribution in [3.05, 3.63) is 75.7 Å². The lowest BCUT2D eigenvalue weighted by Crippen LogP contribution is -2.41. The first kappa shape index (κ1) is 27.6. The lowest BCUT2D eigenvalue weighted by atomic mass is 9.78. The Kier molecular flexibility index (Phi) is 9.15. The molecule has 0 aliphatic heterocycles. The van der Waals surface area contributed by atoms with Crippen molar-refractivity contribution in [1.82, 2.24) is 4.98 Å². The van der Waals surface area contributed by atoms with Gasteiger partial charge < -0.3 is 14.7 Å². The second-order valence-corrected chi connectivity index (χ2v) is 12.1. The fraction of sp³-hybridized carbons (Fsp3) is 0.455. The topological polar surface area (TPSA) is 62.7 Å². The number of aliphatic hydroxyl groups is 1. The Morgan fingerprint density at radius 3 is 2.54 bits per heavy atom. The average molecular weight is 545 g/mol. The van der Waals surface area contributed by atoms with Gasteiger partial charge in [0.05, 0.1) is 13.2 Å². The lowest BCUT2D eigenvalue weighted by molar-refractivity contribution is -0.124. The molecule has 0 bridgehead atoms. The summed E-state index contributed by atoms with van der Waals surface area (Å²) in [5.41, 5.74) is 4.63. The number of amides is 1. The molecule has 1 heterocycles. The summed E-state index contributed by atoms with van der Waals surface area (Å²) >= 11 is 1.61. The van der Waals surface area contributed by atoms with Crippen LogP contribution in [-0.2, 0) is 4.79 Å². The zero-order chi connectivity index (χ0) is 27.2. The van der Waals surface area contributed by atoms with E-state index in [2.05, 4.69) is 59.3 Å². The molecule has 0 saturated heterocycles. The highest BCUT2D eigenvalue weighted by atomic mass is 32.1. The molecule has 0 unspecified atom stereocenters. The van der Waals surface area contributed by atoms with Gasteiger partial charge in [-0.2, -0.15) is 0 Å². The van der Waals surface area contributed by atoms with Crippen LogP contribution in [0.5, 0.6) is 5.75 Å². The molecule has 2 aromatic carbocycles. The summed E-state index contributed by atoms with van der Waals surface area (Å²) in [6.45, 7) is 2.87. The number of carbonyl (C=O) groups excluding carboxylic acids is 1. The smallest absolute Gasteiger partial charge is 0.230 e. The molecular weight excluding hydrogens is 504 g/mol. The molecule has 206 valence electrons. The van der Waals surface area contributed by atoms with Crippen LogP contribution in [0.15, 0.2) is 54.0 Å². The zero-order valence-electron chi connectivity index (χ0n) is 23.1. The Balaban J connectivity index is 1.30. The summed E-state index contributed by atoms with van der Waals surface area (Å²) in [6.07, 6.45) is 13.1. The minimum absolute atomic E-state index is 0.0125. The summed E-state index contributed by atoms with van der Waals surface area (Å²) in [6, 6.07) is 14.9. The Morgan fingerprint density at radius 1 is 1.05 bits per heavy atom. The molecule has 2 saturated carbocycles. The van der Waals surface area contributed by atoms with Crippen LogP contribution in [0.3, 0.4) is 0 Å². The first-order chi connectivity index (χ1) is 19.0. The van der Waals surface area contributed by atoms with Crippen LogP contribution in [0.25, 0.3) is 12.2 Å². The van der Waals surface area contributed by atoms with Gasteiger partial charge in [0.1, 0.15) is 10.8 Å². The largest absolute Gasteiger partial charge is 0.496 e. The van der Waals surface area contributed by atoms with Gasteiger partial charge in [0, 0.05) is 29.7 Å². The number of aromatic nitrogens is 1. The Morgan fingerprint density at radius 2 is 1.85 bits per heavy atom. The van der Waals surface area contributed by atoms with Crippen molar-refractivity contribution < 1.29 is 14.6 Å². The van der Waals surface area contributed by atoms with Crippen LogP contribution in [0.2, 0.25) is 0 Å². The second-order valence-electron chi connectivity index (χ2n) is 11.2. The number of anilines is 1. The zero-order valence-corrected chi connectivity index (χ0v) is 23.9. The molecule has 1 aromatic heterocycles. The third kappa shape index (κ3) is 6.98. The van der Waals surface area contributed by atoms with E-state index in [-0.39, 0.29) is 17.9 Å². The van der Waals surface area contributed by atoms with Gasteiger partial charge in [-0.3, -0.25) is 4.79 Å². The number of nitrogens with zero attached hydrogens (tertiary/aromatic N) is 2. The highest BCUT2D eigenvalue weighted by molar-refractivity contribution is 7.10. The van der Waals surface area contributed by atoms with Gasteiger partial charge in [-0.15, -0.1) is 11.3 Å². The van der Waals surface area contributed by atoms with Crippen molar-refractivity contribution in [2.45, 2.75) is 70.3 Å². The maximum absolute atomic E-state index is 13.9. The van der Waals surface area contributed by atoms with Gasteiger partial charge in [0.15, 0.2) is 0 Å². The molecule has 2 aliphatic carbocycles. The van der Waals surface area contributed by atoms with E-state index in [0.717, 1.165) is 67.1 Å². The first-order valence-corrected chi connectivity index (χ1v) is 15.2. The van der Waals surface area contributed by atoms with Gasteiger partial charge in [0.25, 0.3) is 0 Å². The van der Waals surface area contributed by atoms with Crippen LogP contribution in [0.4, 0.5) is 5.69 Å². The van der Waals surface area contributed by atoms with E-state index in [1.165, 1.54) is 11.1 Å². The SMILES string of the molecule is COc1ccc([C@H]2CC[C@H](CN(c3cccc(/C=C/c4nccs4)c3)C(=O)[C@H]3CC[C@H](O)CC3)CC2)cc1C. The molecule has 6 heteroatoms. The predicted molar refractivity (Wildman–Crippen MR) is 160 cm³/mol. The predicted octanol–water partition coefficient (Wildman–Crippen LogP) is 7.49. The molecule has 5 rings (SSSR count). The number of benzene rings is 2. The number of ether oxygens (including phenoxy) is 1. The maximum Gasteiger partial charge on any atom is 0.230 e. The molecule has 1 N–H and O–H groups in total. The van der Waals surface area contributed by atoms with Crippen LogP contribution in [0.1, 0.15) is 79.0 Å². The third-order valence-electron chi connectivity index (χ3n) is 8.54. The van der Waals surface area contributed by atoms with Crippen LogP contribution in [-0.4, -0.2) is 35.8 Å². The number of hydrogen-bond acceptors (Lipinski definition) is 5. The van der Waals surface area contributed by atoms with Crippen LogP contribution in [0, 0.1) is 18.8 Å². The Labute approximate surface area is 236 Å². The number of aryl methyl sites for hydroxylation is 1. The quantitative estimate of drug-likeness (QED) is 0.319. The van der Waals surface area contributed by atoms with Crippen molar-refractivity contribution in [1.29, 1.82) is 0 Å². The third-order valence-corrected chi connectivity index (χ3v) is 9.28. The summed E-state index contributed by atoms with van der Waals surface area (Å²) in [5, 5.41) is 13.0. The molecule has 2 fully saturated rings. The first-order valence-electron chi connectivity index (χ1n) is 14.3. The molecular formula is C33H40N2O3S. The van der Waals surface area contributed by atoms with Crippen molar-refractivity contribution in [2.24, 2.45) is 11.8 Å². The van der Waals surface area contributed by atoms with E-state index < -0.39 is 0 Å². The van der Waals surface area contributed by atoms with Gasteiger partial charge in [-0.25, -0.2) is 4.98 Å². The normalized spacial score (nSPS) is 23.6. The molecule has 0 radical (unpaired) electrons. The Hall–Kier alpha value is -2.96. The molecule has 0 spiro atoms. The summed E-state index contributed by atoms with van der Waals surface area (Å²) in [7, 11) is 1.72. The van der Waals surface area contributed by atoms with Crippen molar-refractivity contribution >= 4 is 35.1 Å². The van der Waals surface area contributed by atoms with Crippen LogP contribution >= 0.6 is 11.3 Å². The molecule has 5 nitrogen and oxygen atoms in total. The van der Waals surface area contributed by atoms with Crippen LogP contribution < -0.4 is 9.64 Å². The van der Waals surface area contributed by atoms with E-state index in [0.29, 0.717) is 24.7 Å². The minimum atomic E-state index is -0.265. The van der Waals surface area contributed by atoms with E-state index in [4.69, 9.17) is 4.74 Å². The minimum Gasteiger partial charge on any atom is -0.496 e. The van der Waals surface area contributed by atoms with E-state index in [9.17, 15) is 9.90 Å². The number of methoxy groups -OCH3 is 1. The number of aliphatic hydroxyl groups excluding tert-OH is 1. The van der Waals surface area contributed by atoms with Gasteiger partial charge in [-0.1, -0.05) is 30.3 Å². The number of carbonyl (C=O) groups is 1. The molecule has 2 aliphatic rings. The monoisotopic (exact) mass is 544 g/mol. The van der Waals surface area contributed by atoms with Gasteiger partial charge >= 0.3 is 0 Å². The van der Waals surface area contributed by atoms with Crippen molar-refractivity contribution in [3.63, 3.8) is 0 Å². The van der Waals surface area contributed by atoms with Gasteiger partial charge in [0.2, 0.25) is 5.91 Å². The van der Waals surface area contributed by atoms with E-state index in [1.807, 2.05) is 23.7 Å². The lowest BCUT2D eigenvalue weighted by Gasteiger charge is -2.36. The summed E-state index contributed by atoms with van der Waals surface area (Å²) in [5.74, 6) is 2.19. The number of thiazole rings is 1. The number of rotatable bonds is 8. The number of hydrogen-bond donors (Lipinski definition) is 1. The van der Waals surface area contributed by atoms with Crippen molar-refractivity contribution in [2.75, 3.05) is 18.6 Å². The Bertz CT molecular complexity index is 1260. The highest BCUT2D eigenvalue weighted by Gasteiger charge is 2.32. The maximum atomic E-state index is 13.9. The van der Waals surface area contributed by atoms with E-state index in [1.54, 1.807) is 18.4 Å². The summed E-state index contributed by atoms with van der Waals surface area (Å²) in [4.78, 5) is 20.3. The second kappa shape index (κ2) is 12.9. The van der Waals surface area contributed by atoms with E-state index >= 15 is 0 Å². The summed E-state index contributed by atoms with van der Waals surface area (Å²) < 4.78 is 5.45. The molecule has 0 atom stereocenters. The fourth-order valence-corrected chi connectivity index (χ4v) is 6.77. The van der Waals surface area contributed by atoms with Gasteiger partial charge in [-0.05, 0) is 111 Å². The highest BCUT2D eigenvalue weighted by Crippen LogP contribution is 2.38. The molecule has 39 heavy (non-hydrogen) atoms. The molecule has 1 amide bonds. The standard InChI is InChI=1S/C33H40N2O3S/c1-23-20-28(13-16-31(23)38-2)26-9-6-25(7-10-26)22-35(33(37)27-11-14-30(36)15-12-27)29-5-3-4-24(21-29)8-17-32-34-18-19-39-32/h3-5,8,13,16-21,25-27,30,36H,6-7,9-12,14-15,22H2,1-2H3/b17-8+/t25-,26-,27-,30-. The molecule has 3 aromatic rings. The van der Waals surface area contributed by atoms with Crippen molar-refractivity contribution in [3.8, 4) is 5.75 Å². The average Bonchev–Trinajstić information content (AvgIpc) is 3.49.